The molecule has 0 radical (unpaired) electrons. The first-order valence-corrected chi connectivity index (χ1v) is 6.78. The summed E-state index contributed by atoms with van der Waals surface area (Å²) in [6.07, 6.45) is 0.832. The van der Waals surface area contributed by atoms with Crippen LogP contribution in [0.25, 0.3) is 0 Å². The predicted molar refractivity (Wildman–Crippen MR) is 69.4 cm³/mol. The summed E-state index contributed by atoms with van der Waals surface area (Å²) in [4.78, 5) is 11.8. The molecule has 0 aromatic heterocycles. The van der Waals surface area contributed by atoms with Crippen LogP contribution in [0.3, 0.4) is 0 Å². The summed E-state index contributed by atoms with van der Waals surface area (Å²) in [5.74, 6) is -0.679. The molecule has 0 aliphatic heterocycles. The highest BCUT2D eigenvalue weighted by Crippen LogP contribution is 2.17. The number of hydrogen-bond acceptors (Lipinski definition) is 1. The molecule has 88 valence electrons. The highest BCUT2D eigenvalue weighted by molar-refractivity contribution is 9.10. The van der Waals surface area contributed by atoms with Crippen LogP contribution in [0.2, 0.25) is 0 Å². The van der Waals surface area contributed by atoms with Crippen LogP contribution in [-0.4, -0.2) is 17.3 Å². The molecule has 1 amide bonds. The summed E-state index contributed by atoms with van der Waals surface area (Å²) in [5, 5.41) is 3.62. The molecule has 16 heavy (non-hydrogen) atoms. The van der Waals surface area contributed by atoms with Crippen LogP contribution in [0.5, 0.6) is 0 Å². The molecule has 5 heteroatoms. The van der Waals surface area contributed by atoms with Crippen molar-refractivity contribution in [1.82, 2.24) is 5.32 Å². The highest BCUT2D eigenvalue weighted by Gasteiger charge is 2.13. The number of rotatable bonds is 4. The third kappa shape index (κ3) is 3.87. The topological polar surface area (TPSA) is 29.1 Å². The van der Waals surface area contributed by atoms with Gasteiger partial charge in [-0.05, 0) is 47.5 Å². The molecular formula is C11H12Br2FNO. The molecule has 1 atom stereocenters. The molecular weight excluding hydrogens is 341 g/mol. The number of benzene rings is 1. The van der Waals surface area contributed by atoms with Crippen LogP contribution < -0.4 is 5.32 Å². The van der Waals surface area contributed by atoms with Gasteiger partial charge in [-0.25, -0.2) is 4.39 Å². The largest absolute Gasteiger partial charge is 0.350 e. The van der Waals surface area contributed by atoms with Crippen LogP contribution in [0, 0.1) is 5.82 Å². The van der Waals surface area contributed by atoms with Gasteiger partial charge in [0.1, 0.15) is 5.82 Å². The number of amides is 1. The quantitative estimate of drug-likeness (QED) is 0.825. The van der Waals surface area contributed by atoms with Gasteiger partial charge < -0.3 is 5.32 Å². The SMILES string of the molecule is CC(CCBr)NC(=O)c1cc(F)ccc1Br. The van der Waals surface area contributed by atoms with Gasteiger partial charge in [-0.3, -0.25) is 4.79 Å². The minimum absolute atomic E-state index is 0.0574. The summed E-state index contributed by atoms with van der Waals surface area (Å²) in [6.45, 7) is 1.91. The van der Waals surface area contributed by atoms with Crippen LogP contribution in [-0.2, 0) is 0 Å². The van der Waals surface area contributed by atoms with E-state index in [1.807, 2.05) is 6.92 Å². The second-order valence-corrected chi connectivity index (χ2v) is 5.12. The lowest BCUT2D eigenvalue weighted by molar-refractivity contribution is 0.0938. The summed E-state index contributed by atoms with van der Waals surface area (Å²) < 4.78 is 13.6. The molecule has 0 saturated heterocycles. The van der Waals surface area contributed by atoms with Gasteiger partial charge in [0.15, 0.2) is 0 Å². The Morgan fingerprint density at radius 3 is 2.88 bits per heavy atom. The lowest BCUT2D eigenvalue weighted by atomic mass is 10.2. The Kier molecular flexibility index (Phi) is 5.41. The summed E-state index contributed by atoms with van der Waals surface area (Å²) in [5.41, 5.74) is 0.321. The van der Waals surface area contributed by atoms with E-state index in [9.17, 15) is 9.18 Å². The van der Waals surface area contributed by atoms with Crippen molar-refractivity contribution >= 4 is 37.8 Å². The Bertz CT molecular complexity index is 384. The van der Waals surface area contributed by atoms with Crippen LogP contribution in [0.4, 0.5) is 4.39 Å². The molecule has 0 fully saturated rings. The van der Waals surface area contributed by atoms with Crippen molar-refractivity contribution in [3.8, 4) is 0 Å². The molecule has 0 aliphatic carbocycles. The van der Waals surface area contributed by atoms with Gasteiger partial charge in [-0.2, -0.15) is 0 Å². The van der Waals surface area contributed by atoms with Crippen molar-refractivity contribution in [3.63, 3.8) is 0 Å². The molecule has 1 rings (SSSR count). The molecule has 0 heterocycles. The fourth-order valence-corrected chi connectivity index (χ4v) is 2.32. The van der Waals surface area contributed by atoms with E-state index < -0.39 is 5.82 Å². The molecule has 0 aliphatic rings. The average molecular weight is 353 g/mol. The maximum atomic E-state index is 13.0. The van der Waals surface area contributed by atoms with E-state index in [0.717, 1.165) is 11.8 Å². The van der Waals surface area contributed by atoms with Crippen LogP contribution in [0.1, 0.15) is 23.7 Å². The van der Waals surface area contributed by atoms with Crippen molar-refractivity contribution < 1.29 is 9.18 Å². The van der Waals surface area contributed by atoms with Crippen LogP contribution >= 0.6 is 31.9 Å². The fourth-order valence-electron chi connectivity index (χ4n) is 1.21. The lowest BCUT2D eigenvalue weighted by Crippen LogP contribution is -2.33. The smallest absolute Gasteiger partial charge is 0.252 e. The van der Waals surface area contributed by atoms with E-state index in [4.69, 9.17) is 0 Å². The van der Waals surface area contributed by atoms with Crippen molar-refractivity contribution in [2.75, 3.05) is 5.33 Å². The second-order valence-electron chi connectivity index (χ2n) is 3.48. The molecule has 1 N–H and O–H groups in total. The van der Waals surface area contributed by atoms with Crippen molar-refractivity contribution in [1.29, 1.82) is 0 Å². The number of halogens is 3. The molecule has 0 saturated carbocycles. The lowest BCUT2D eigenvalue weighted by Gasteiger charge is -2.13. The fraction of sp³-hybridized carbons (Fsp3) is 0.364. The summed E-state index contributed by atoms with van der Waals surface area (Å²) in [7, 11) is 0. The molecule has 0 bridgehead atoms. The minimum atomic E-state index is -0.415. The van der Waals surface area contributed by atoms with E-state index in [1.54, 1.807) is 0 Å². The Morgan fingerprint density at radius 1 is 1.56 bits per heavy atom. The number of alkyl halides is 1. The number of carbonyl (C=O) groups is 1. The zero-order valence-electron chi connectivity index (χ0n) is 8.77. The van der Waals surface area contributed by atoms with E-state index in [-0.39, 0.29) is 11.9 Å². The van der Waals surface area contributed by atoms with Gasteiger partial charge in [0.2, 0.25) is 0 Å². The van der Waals surface area contributed by atoms with Gasteiger partial charge in [0, 0.05) is 15.8 Å². The Balaban J connectivity index is 2.76. The van der Waals surface area contributed by atoms with Crippen molar-refractivity contribution in [2.45, 2.75) is 19.4 Å². The first kappa shape index (κ1) is 13.6. The van der Waals surface area contributed by atoms with Gasteiger partial charge in [0.05, 0.1) is 5.56 Å². The molecule has 1 unspecified atom stereocenters. The molecule has 1 aromatic rings. The van der Waals surface area contributed by atoms with E-state index in [2.05, 4.69) is 37.2 Å². The first-order valence-electron chi connectivity index (χ1n) is 4.86. The maximum Gasteiger partial charge on any atom is 0.252 e. The second kappa shape index (κ2) is 6.35. The average Bonchev–Trinajstić information content (AvgIpc) is 2.21. The van der Waals surface area contributed by atoms with E-state index in [1.165, 1.54) is 18.2 Å². The van der Waals surface area contributed by atoms with Gasteiger partial charge >= 0.3 is 0 Å². The third-order valence-electron chi connectivity index (χ3n) is 2.09. The van der Waals surface area contributed by atoms with Gasteiger partial charge in [0.25, 0.3) is 5.91 Å². The third-order valence-corrected chi connectivity index (χ3v) is 3.24. The predicted octanol–water partition coefficient (Wildman–Crippen LogP) is 3.49. The summed E-state index contributed by atoms with van der Waals surface area (Å²) in [6, 6.07) is 4.12. The van der Waals surface area contributed by atoms with E-state index in [0.29, 0.717) is 10.0 Å². The Labute approximate surface area is 111 Å². The first-order chi connectivity index (χ1) is 7.54. The molecule has 0 spiro atoms. The van der Waals surface area contributed by atoms with Gasteiger partial charge in [-0.1, -0.05) is 15.9 Å². The van der Waals surface area contributed by atoms with Gasteiger partial charge in [-0.15, -0.1) is 0 Å². The minimum Gasteiger partial charge on any atom is -0.350 e. The monoisotopic (exact) mass is 351 g/mol. The molecule has 2 nitrogen and oxygen atoms in total. The zero-order valence-corrected chi connectivity index (χ0v) is 11.9. The normalized spacial score (nSPS) is 12.2. The Hall–Kier alpha value is -0.420. The number of nitrogens with one attached hydrogen (secondary N) is 1. The zero-order chi connectivity index (χ0) is 12.1. The highest BCUT2D eigenvalue weighted by atomic mass is 79.9. The number of carbonyl (C=O) groups excluding carboxylic acids is 1. The van der Waals surface area contributed by atoms with Crippen LogP contribution in [0.15, 0.2) is 22.7 Å². The molecule has 1 aromatic carbocycles. The number of hydrogen-bond donors (Lipinski definition) is 1. The maximum absolute atomic E-state index is 13.0. The summed E-state index contributed by atoms with van der Waals surface area (Å²) >= 11 is 6.52. The van der Waals surface area contributed by atoms with E-state index >= 15 is 0 Å². The Morgan fingerprint density at radius 2 is 2.25 bits per heavy atom. The standard InChI is InChI=1S/C11H12Br2FNO/c1-7(4-5-12)15-11(16)9-6-8(14)2-3-10(9)13/h2-3,6-7H,4-5H2,1H3,(H,15,16). The van der Waals surface area contributed by atoms with Crippen molar-refractivity contribution in [3.05, 3.63) is 34.1 Å². The van der Waals surface area contributed by atoms with Crippen molar-refractivity contribution in [2.24, 2.45) is 0 Å².